The maximum Gasteiger partial charge on any atom is 0.317 e. The molecule has 0 aliphatic heterocycles. The first-order chi connectivity index (χ1) is 7.93. The highest BCUT2D eigenvalue weighted by Crippen LogP contribution is 2.34. The lowest BCUT2D eigenvalue weighted by atomic mass is 10.1. The number of rotatable bonds is 5. The van der Waals surface area contributed by atoms with Gasteiger partial charge in [0.15, 0.2) is 0 Å². The van der Waals surface area contributed by atoms with Crippen molar-refractivity contribution in [3.63, 3.8) is 0 Å². The predicted molar refractivity (Wildman–Crippen MR) is 63.0 cm³/mol. The number of hydrogen-bond donors (Lipinski definition) is 1. The summed E-state index contributed by atoms with van der Waals surface area (Å²) in [5.74, 6) is -1.10. The van der Waals surface area contributed by atoms with E-state index in [0.29, 0.717) is 4.90 Å². The Balaban J connectivity index is 3.01. The number of aliphatic carboxylic acids is 1. The highest BCUT2D eigenvalue weighted by Gasteiger charge is 2.26. The molecular formula is C10H12N2O4S. The Morgan fingerprint density at radius 1 is 1.59 bits per heavy atom. The van der Waals surface area contributed by atoms with Gasteiger partial charge in [-0.2, -0.15) is 0 Å². The number of aromatic nitrogens is 1. The van der Waals surface area contributed by atoms with Crippen LogP contribution in [0.4, 0.5) is 5.69 Å². The Bertz CT molecular complexity index is 436. The third-order valence-corrected chi connectivity index (χ3v) is 3.66. The molecule has 0 spiro atoms. The molecule has 92 valence electrons. The van der Waals surface area contributed by atoms with Gasteiger partial charge in [0.2, 0.25) is 0 Å². The molecule has 1 N–H and O–H groups in total. The average molecular weight is 256 g/mol. The SMILES string of the molecule is CC(C)C(Sc1ccncc1[N+](=O)[O-])C(=O)O. The summed E-state index contributed by atoms with van der Waals surface area (Å²) in [5, 5.41) is 19.1. The topological polar surface area (TPSA) is 93.3 Å². The zero-order valence-electron chi connectivity index (χ0n) is 9.36. The van der Waals surface area contributed by atoms with Crippen molar-refractivity contribution < 1.29 is 14.8 Å². The van der Waals surface area contributed by atoms with Gasteiger partial charge in [-0.25, -0.2) is 0 Å². The molecular weight excluding hydrogens is 244 g/mol. The molecule has 0 amide bonds. The third kappa shape index (κ3) is 3.42. The molecule has 1 rings (SSSR count). The lowest BCUT2D eigenvalue weighted by Gasteiger charge is -2.15. The molecule has 1 aromatic rings. The number of nitrogens with zero attached hydrogens (tertiary/aromatic N) is 2. The number of carboxylic acids is 1. The molecule has 0 saturated heterocycles. The predicted octanol–water partition coefficient (Wildman–Crippen LogP) is 2.19. The van der Waals surface area contributed by atoms with E-state index >= 15 is 0 Å². The summed E-state index contributed by atoms with van der Waals surface area (Å²) in [5.41, 5.74) is -0.163. The Morgan fingerprint density at radius 2 is 2.24 bits per heavy atom. The fraction of sp³-hybridized carbons (Fsp3) is 0.400. The second kappa shape index (κ2) is 5.62. The standard InChI is InChI=1S/C10H12N2O4S/c1-6(2)9(10(13)14)17-8-3-4-11-5-7(8)12(15)16/h3-6,9H,1-2H3,(H,13,14). The third-order valence-electron chi connectivity index (χ3n) is 2.06. The summed E-state index contributed by atoms with van der Waals surface area (Å²) in [6.07, 6.45) is 2.54. The van der Waals surface area contributed by atoms with Crippen molar-refractivity contribution in [2.75, 3.05) is 0 Å². The molecule has 0 bridgehead atoms. The quantitative estimate of drug-likeness (QED) is 0.493. The highest BCUT2D eigenvalue weighted by atomic mass is 32.2. The van der Waals surface area contributed by atoms with Crippen LogP contribution in [0.25, 0.3) is 0 Å². The first-order valence-corrected chi connectivity index (χ1v) is 5.79. The molecule has 7 heteroatoms. The zero-order chi connectivity index (χ0) is 13.0. The van der Waals surface area contributed by atoms with Crippen LogP contribution < -0.4 is 0 Å². The van der Waals surface area contributed by atoms with E-state index in [1.54, 1.807) is 13.8 Å². The molecule has 0 fully saturated rings. The van der Waals surface area contributed by atoms with Gasteiger partial charge in [0.25, 0.3) is 0 Å². The van der Waals surface area contributed by atoms with Crippen molar-refractivity contribution in [2.45, 2.75) is 24.0 Å². The van der Waals surface area contributed by atoms with E-state index in [1.807, 2.05) is 0 Å². The van der Waals surface area contributed by atoms with Crippen LogP contribution in [-0.4, -0.2) is 26.2 Å². The van der Waals surface area contributed by atoms with Gasteiger partial charge in [-0.15, -0.1) is 11.8 Å². The Labute approximate surface area is 102 Å². The van der Waals surface area contributed by atoms with Crippen molar-refractivity contribution in [1.29, 1.82) is 0 Å². The molecule has 0 aromatic carbocycles. The van der Waals surface area contributed by atoms with Gasteiger partial charge >= 0.3 is 11.7 Å². The van der Waals surface area contributed by atoms with E-state index in [1.165, 1.54) is 12.3 Å². The minimum Gasteiger partial charge on any atom is -0.480 e. The van der Waals surface area contributed by atoms with Crippen molar-refractivity contribution in [3.8, 4) is 0 Å². The Kier molecular flexibility index (Phi) is 4.45. The second-order valence-corrected chi connectivity index (χ2v) is 4.90. The summed E-state index contributed by atoms with van der Waals surface area (Å²) >= 11 is 0.979. The normalized spacial score (nSPS) is 12.4. The fourth-order valence-corrected chi connectivity index (χ4v) is 2.25. The van der Waals surface area contributed by atoms with Crippen LogP contribution in [0.15, 0.2) is 23.4 Å². The summed E-state index contributed by atoms with van der Waals surface area (Å²) in [7, 11) is 0. The van der Waals surface area contributed by atoms with E-state index in [9.17, 15) is 14.9 Å². The number of pyridine rings is 1. The molecule has 0 radical (unpaired) electrons. The van der Waals surface area contributed by atoms with Gasteiger partial charge in [-0.3, -0.25) is 19.9 Å². The number of carbonyl (C=O) groups is 1. The van der Waals surface area contributed by atoms with Crippen LogP contribution in [0, 0.1) is 16.0 Å². The fourth-order valence-electron chi connectivity index (χ4n) is 1.22. The molecule has 0 aliphatic rings. The van der Waals surface area contributed by atoms with Gasteiger partial charge in [-0.1, -0.05) is 13.8 Å². The monoisotopic (exact) mass is 256 g/mol. The van der Waals surface area contributed by atoms with E-state index in [0.717, 1.165) is 18.0 Å². The smallest absolute Gasteiger partial charge is 0.317 e. The molecule has 0 aliphatic carbocycles. The minimum absolute atomic E-state index is 0.120. The van der Waals surface area contributed by atoms with Gasteiger partial charge in [-0.05, 0) is 12.0 Å². The van der Waals surface area contributed by atoms with E-state index in [4.69, 9.17) is 5.11 Å². The molecule has 1 heterocycles. The molecule has 6 nitrogen and oxygen atoms in total. The maximum absolute atomic E-state index is 11.0. The molecule has 1 aromatic heterocycles. The van der Waals surface area contributed by atoms with E-state index in [2.05, 4.69) is 4.98 Å². The van der Waals surface area contributed by atoms with Gasteiger partial charge < -0.3 is 5.11 Å². The largest absolute Gasteiger partial charge is 0.480 e. The number of hydrogen-bond acceptors (Lipinski definition) is 5. The first kappa shape index (κ1) is 13.4. The van der Waals surface area contributed by atoms with Crippen LogP contribution in [0.5, 0.6) is 0 Å². The highest BCUT2D eigenvalue weighted by molar-refractivity contribution is 8.00. The van der Waals surface area contributed by atoms with Crippen LogP contribution in [0.3, 0.4) is 0 Å². The maximum atomic E-state index is 11.0. The summed E-state index contributed by atoms with van der Waals surface area (Å²) in [6.45, 7) is 3.53. The Morgan fingerprint density at radius 3 is 2.71 bits per heavy atom. The van der Waals surface area contributed by atoms with Gasteiger partial charge in [0.05, 0.1) is 9.82 Å². The van der Waals surface area contributed by atoms with Crippen molar-refractivity contribution >= 4 is 23.4 Å². The van der Waals surface area contributed by atoms with Crippen LogP contribution in [0.2, 0.25) is 0 Å². The molecule has 17 heavy (non-hydrogen) atoms. The summed E-state index contributed by atoms with van der Waals surface area (Å²) in [4.78, 5) is 25.2. The average Bonchev–Trinajstić information content (AvgIpc) is 2.25. The van der Waals surface area contributed by atoms with Gasteiger partial charge in [0.1, 0.15) is 11.4 Å². The van der Waals surface area contributed by atoms with Crippen LogP contribution in [-0.2, 0) is 4.79 Å². The lowest BCUT2D eigenvalue weighted by molar-refractivity contribution is -0.388. The first-order valence-electron chi connectivity index (χ1n) is 4.91. The van der Waals surface area contributed by atoms with Crippen molar-refractivity contribution in [2.24, 2.45) is 5.92 Å². The number of thioether (sulfide) groups is 1. The van der Waals surface area contributed by atoms with E-state index < -0.39 is 16.1 Å². The summed E-state index contributed by atoms with van der Waals surface area (Å²) in [6, 6.07) is 1.46. The van der Waals surface area contributed by atoms with Crippen molar-refractivity contribution in [1.82, 2.24) is 4.98 Å². The number of carboxylic acid groups (broad SMARTS) is 1. The second-order valence-electron chi connectivity index (χ2n) is 3.72. The van der Waals surface area contributed by atoms with Crippen molar-refractivity contribution in [3.05, 3.63) is 28.6 Å². The summed E-state index contributed by atoms with van der Waals surface area (Å²) < 4.78 is 0. The molecule has 1 unspecified atom stereocenters. The van der Waals surface area contributed by atoms with Gasteiger partial charge in [0, 0.05) is 6.20 Å². The zero-order valence-corrected chi connectivity index (χ0v) is 10.2. The Hall–Kier alpha value is -1.63. The minimum atomic E-state index is -0.976. The molecule has 1 atom stereocenters. The van der Waals surface area contributed by atoms with Crippen LogP contribution in [0.1, 0.15) is 13.8 Å². The van der Waals surface area contributed by atoms with Crippen LogP contribution >= 0.6 is 11.8 Å². The lowest BCUT2D eigenvalue weighted by Crippen LogP contribution is -2.22. The number of nitro groups is 1. The molecule has 0 saturated carbocycles. The van der Waals surface area contributed by atoms with E-state index in [-0.39, 0.29) is 11.6 Å².